The second kappa shape index (κ2) is 12.1. The molecular weight excluding hydrogens is 600 g/mol. The molecule has 8 N–H and O–H groups in total. The molecule has 1 aliphatic carbocycles. The summed E-state index contributed by atoms with van der Waals surface area (Å²) in [6.45, 7) is -2.39. The molecule has 13 atom stereocenters. The molecule has 3 aliphatic heterocycles. The number of aliphatic hydroxyl groups excluding tert-OH is 6. The number of aromatic hydroxyl groups is 2. The van der Waals surface area contributed by atoms with Gasteiger partial charge in [-0.1, -0.05) is 24.3 Å². The maximum Gasteiger partial charge on any atom is 0.310 e. The van der Waals surface area contributed by atoms with Crippen LogP contribution in [0.4, 0.5) is 0 Å². The largest absolute Gasteiger partial charge is 0.508 e. The van der Waals surface area contributed by atoms with Gasteiger partial charge in [0.25, 0.3) is 0 Å². The number of ether oxygens (including phenoxy) is 5. The molecule has 2 aromatic carbocycles. The number of esters is 2. The molecule has 0 spiro atoms. The van der Waals surface area contributed by atoms with E-state index in [4.69, 9.17) is 23.7 Å². The number of aliphatic hydroxyl groups is 6. The Bertz CT molecular complexity index is 1320. The summed E-state index contributed by atoms with van der Waals surface area (Å²) in [6, 6.07) is 12.0. The molecule has 15 heteroatoms. The van der Waals surface area contributed by atoms with Gasteiger partial charge in [-0.15, -0.1) is 0 Å². The number of carbonyl (C=O) groups is 2. The Kier molecular flexibility index (Phi) is 8.49. The highest BCUT2D eigenvalue weighted by molar-refractivity contribution is 5.87. The van der Waals surface area contributed by atoms with Crippen molar-refractivity contribution in [1.29, 1.82) is 0 Å². The molecule has 0 amide bonds. The molecule has 4 fully saturated rings. The lowest BCUT2D eigenvalue weighted by Gasteiger charge is -2.50. The first-order chi connectivity index (χ1) is 21.5. The average molecular weight is 635 g/mol. The summed E-state index contributed by atoms with van der Waals surface area (Å²) in [6.07, 6.45) is -14.0. The van der Waals surface area contributed by atoms with Crippen molar-refractivity contribution in [3.05, 3.63) is 59.7 Å². The molecule has 6 rings (SSSR count). The van der Waals surface area contributed by atoms with Crippen molar-refractivity contribution in [2.75, 3.05) is 19.8 Å². The Labute approximate surface area is 255 Å². The first kappa shape index (κ1) is 31.6. The molecule has 0 aromatic heterocycles. The highest BCUT2D eigenvalue weighted by atomic mass is 16.8. The van der Waals surface area contributed by atoms with Crippen LogP contribution in [0, 0.1) is 11.8 Å². The van der Waals surface area contributed by atoms with Crippen molar-refractivity contribution >= 4 is 11.9 Å². The van der Waals surface area contributed by atoms with Gasteiger partial charge in [0, 0.05) is 11.8 Å². The highest BCUT2D eigenvalue weighted by Gasteiger charge is 2.62. The van der Waals surface area contributed by atoms with Gasteiger partial charge in [0.2, 0.25) is 5.79 Å². The number of phenols is 2. The molecule has 244 valence electrons. The number of rotatable bonds is 3. The maximum atomic E-state index is 13.7. The number of cyclic esters (lactones) is 2. The number of carbonyl (C=O) groups excluding carboxylic acids is 2. The average Bonchev–Trinajstić information content (AvgIpc) is 3.25. The molecule has 4 aliphatic rings. The smallest absolute Gasteiger partial charge is 0.310 e. The normalized spacial score (nSPS) is 41.9. The lowest BCUT2D eigenvalue weighted by Crippen LogP contribution is -2.63. The van der Waals surface area contributed by atoms with Gasteiger partial charge in [0.15, 0.2) is 6.29 Å². The van der Waals surface area contributed by atoms with Crippen LogP contribution in [0.25, 0.3) is 0 Å². The number of hydrogen-bond donors (Lipinski definition) is 8. The van der Waals surface area contributed by atoms with E-state index in [-0.39, 0.29) is 11.5 Å². The zero-order valence-electron chi connectivity index (χ0n) is 23.6. The van der Waals surface area contributed by atoms with Crippen molar-refractivity contribution < 1.29 is 74.1 Å². The van der Waals surface area contributed by atoms with Crippen LogP contribution < -0.4 is 0 Å². The number of benzene rings is 2. The molecule has 0 radical (unpaired) electrons. The summed E-state index contributed by atoms with van der Waals surface area (Å²) in [7, 11) is 0. The Morgan fingerprint density at radius 1 is 0.622 bits per heavy atom. The Morgan fingerprint density at radius 2 is 1.11 bits per heavy atom. The predicted octanol–water partition coefficient (Wildman–Crippen LogP) is -2.06. The summed E-state index contributed by atoms with van der Waals surface area (Å²) in [5, 5.41) is 83.1. The van der Waals surface area contributed by atoms with Gasteiger partial charge >= 0.3 is 11.9 Å². The lowest BCUT2D eigenvalue weighted by atomic mass is 9.52. The van der Waals surface area contributed by atoms with E-state index < -0.39 is 110 Å². The summed E-state index contributed by atoms with van der Waals surface area (Å²) in [5.41, 5.74) is 1.14. The Hall–Kier alpha value is -3.38. The van der Waals surface area contributed by atoms with Crippen LogP contribution in [0.3, 0.4) is 0 Å². The maximum absolute atomic E-state index is 13.7. The Balaban J connectivity index is 1.40. The third-order valence-corrected chi connectivity index (χ3v) is 9.14. The third-order valence-electron chi connectivity index (χ3n) is 9.14. The minimum Gasteiger partial charge on any atom is -0.508 e. The van der Waals surface area contributed by atoms with Gasteiger partial charge in [-0.05, 0) is 35.4 Å². The molecule has 3 heterocycles. The quantitative estimate of drug-likeness (QED) is 0.169. The van der Waals surface area contributed by atoms with E-state index in [1.54, 1.807) is 24.3 Å². The standard InChI is InChI=1S/C30H34O15/c31-11-30-26(38)23(35)17(44-30)10-42-28(40)21-19(13-3-7-15(33)8-4-13)18(12-1-5-14(32)6-2-12)20(21)27(39)41-9-16-22(34)24(36)25(37)29(43-16)45-30/h1-8,16-26,29,31-38H,9-11H2/t16-,17-,18+,19+,20-,21-,22-,23-,24+,25-,26+,29-,30+/m1/s1. The number of fused-ring (bicyclic) bond motifs is 5. The molecule has 2 aromatic rings. The lowest BCUT2D eigenvalue weighted by molar-refractivity contribution is -0.383. The van der Waals surface area contributed by atoms with E-state index in [2.05, 4.69) is 0 Å². The zero-order chi connectivity index (χ0) is 32.2. The second-order valence-corrected chi connectivity index (χ2v) is 11.7. The van der Waals surface area contributed by atoms with Crippen LogP contribution in [0.2, 0.25) is 0 Å². The number of phenolic OH excluding ortho intramolecular Hbond substituents is 2. The molecule has 1 saturated carbocycles. The molecule has 15 nitrogen and oxygen atoms in total. The topological polar surface area (TPSA) is 242 Å². The minimum absolute atomic E-state index is 0.0305. The van der Waals surface area contributed by atoms with E-state index in [0.717, 1.165) is 0 Å². The fourth-order valence-electron chi connectivity index (χ4n) is 6.68. The molecular formula is C30H34O15. The van der Waals surface area contributed by atoms with Gasteiger partial charge in [-0.3, -0.25) is 9.59 Å². The van der Waals surface area contributed by atoms with Crippen LogP contribution in [0.5, 0.6) is 11.5 Å². The van der Waals surface area contributed by atoms with E-state index in [0.29, 0.717) is 11.1 Å². The van der Waals surface area contributed by atoms with Crippen LogP contribution >= 0.6 is 0 Å². The predicted molar refractivity (Wildman–Crippen MR) is 145 cm³/mol. The minimum atomic E-state index is -2.40. The van der Waals surface area contributed by atoms with E-state index in [1.165, 1.54) is 24.3 Å². The molecule has 0 unspecified atom stereocenters. The fourth-order valence-corrected chi connectivity index (χ4v) is 6.68. The molecule has 4 bridgehead atoms. The SMILES string of the molecule is O=C1OC[C@H]2O[C@@](CO)(O[C@H]3O[C@H](COC(=O)[C@H]4[C@H]1[C@@H](c1ccc(O)cc1)[C@@H]4c1ccc(O)cc1)[C@@H](O)[C@H](O)[C@H]3O)[C@@H](O)[C@@H]2O. The van der Waals surface area contributed by atoms with Crippen LogP contribution in [-0.4, -0.2) is 127 Å². The van der Waals surface area contributed by atoms with Gasteiger partial charge in [0.05, 0.1) is 11.8 Å². The molecule has 45 heavy (non-hydrogen) atoms. The van der Waals surface area contributed by atoms with Gasteiger partial charge in [-0.25, -0.2) is 0 Å². The summed E-state index contributed by atoms with van der Waals surface area (Å²) in [5.74, 6) is -7.97. The third kappa shape index (κ3) is 5.43. The summed E-state index contributed by atoms with van der Waals surface area (Å²) in [4.78, 5) is 27.5. The van der Waals surface area contributed by atoms with Gasteiger partial charge < -0.3 is 64.5 Å². The van der Waals surface area contributed by atoms with Crippen molar-refractivity contribution in [1.82, 2.24) is 0 Å². The fraction of sp³-hybridized carbons (Fsp3) is 0.533. The summed E-state index contributed by atoms with van der Waals surface area (Å²) < 4.78 is 27.9. The highest BCUT2D eigenvalue weighted by Crippen LogP contribution is 2.59. The first-order valence-corrected chi connectivity index (χ1v) is 14.4. The van der Waals surface area contributed by atoms with Crippen LogP contribution in [0.1, 0.15) is 23.0 Å². The van der Waals surface area contributed by atoms with E-state index in [9.17, 15) is 50.4 Å². The van der Waals surface area contributed by atoms with Gasteiger partial charge in [-0.2, -0.15) is 0 Å². The van der Waals surface area contributed by atoms with E-state index >= 15 is 0 Å². The number of hydrogen-bond acceptors (Lipinski definition) is 15. The van der Waals surface area contributed by atoms with E-state index in [1.807, 2.05) is 0 Å². The Morgan fingerprint density at radius 3 is 1.60 bits per heavy atom. The molecule has 3 saturated heterocycles. The van der Waals surface area contributed by atoms with Crippen LogP contribution in [-0.2, 0) is 33.3 Å². The van der Waals surface area contributed by atoms with Crippen molar-refractivity contribution in [3.8, 4) is 11.5 Å². The van der Waals surface area contributed by atoms with Crippen molar-refractivity contribution in [2.45, 2.75) is 66.6 Å². The van der Waals surface area contributed by atoms with Crippen LogP contribution in [0.15, 0.2) is 48.5 Å². The zero-order valence-corrected chi connectivity index (χ0v) is 23.6. The van der Waals surface area contributed by atoms with Gasteiger partial charge in [0.1, 0.15) is 74.0 Å². The first-order valence-electron chi connectivity index (χ1n) is 14.4. The second-order valence-electron chi connectivity index (χ2n) is 11.7. The van der Waals surface area contributed by atoms with Crippen molar-refractivity contribution in [2.24, 2.45) is 11.8 Å². The monoisotopic (exact) mass is 634 g/mol. The summed E-state index contributed by atoms with van der Waals surface area (Å²) >= 11 is 0. The van der Waals surface area contributed by atoms with Crippen molar-refractivity contribution in [3.63, 3.8) is 0 Å².